The van der Waals surface area contributed by atoms with Gasteiger partial charge in [-0.2, -0.15) is 0 Å². The SMILES string of the molecule is CC(=O)C1=NO[C@@H]2CO[C@@H](c3ccccc3F)OC[C@H]12. The van der Waals surface area contributed by atoms with Crippen molar-refractivity contribution in [2.24, 2.45) is 11.1 Å². The Kier molecular flexibility index (Phi) is 3.50. The third-order valence-corrected chi connectivity index (χ3v) is 3.45. The van der Waals surface area contributed by atoms with Crippen molar-refractivity contribution in [3.63, 3.8) is 0 Å². The summed E-state index contributed by atoms with van der Waals surface area (Å²) in [6, 6.07) is 6.29. The maximum atomic E-state index is 13.7. The fourth-order valence-corrected chi connectivity index (χ4v) is 2.37. The van der Waals surface area contributed by atoms with E-state index in [4.69, 9.17) is 14.3 Å². The molecule has 3 rings (SSSR count). The molecule has 5 nitrogen and oxygen atoms in total. The molecular formula is C14H14FNO4. The Morgan fingerprint density at radius 2 is 2.05 bits per heavy atom. The number of ether oxygens (including phenoxy) is 2. The Bertz CT molecular complexity index is 560. The first kappa shape index (κ1) is 13.2. The Labute approximate surface area is 115 Å². The number of carbonyl (C=O) groups excluding carboxylic acids is 1. The number of hydrogen-bond acceptors (Lipinski definition) is 5. The lowest BCUT2D eigenvalue weighted by molar-refractivity contribution is -0.141. The fourth-order valence-electron chi connectivity index (χ4n) is 2.37. The number of nitrogens with zero attached hydrogens (tertiary/aromatic N) is 1. The predicted octanol–water partition coefficient (Wildman–Crippen LogP) is 1.83. The molecule has 1 aromatic rings. The first-order valence-corrected chi connectivity index (χ1v) is 6.39. The second-order valence-electron chi connectivity index (χ2n) is 4.80. The second-order valence-corrected chi connectivity index (χ2v) is 4.80. The van der Waals surface area contributed by atoms with Gasteiger partial charge in [-0.25, -0.2) is 4.39 Å². The summed E-state index contributed by atoms with van der Waals surface area (Å²) in [5, 5.41) is 3.77. The average Bonchev–Trinajstić information content (AvgIpc) is 2.73. The lowest BCUT2D eigenvalue weighted by Crippen LogP contribution is -2.31. The molecule has 0 saturated carbocycles. The van der Waals surface area contributed by atoms with Gasteiger partial charge in [0.15, 0.2) is 18.2 Å². The van der Waals surface area contributed by atoms with Crippen molar-refractivity contribution in [1.29, 1.82) is 0 Å². The van der Waals surface area contributed by atoms with Crippen LogP contribution in [0.15, 0.2) is 29.4 Å². The fraction of sp³-hybridized carbons (Fsp3) is 0.429. The monoisotopic (exact) mass is 279 g/mol. The Balaban J connectivity index is 1.77. The molecule has 2 aliphatic heterocycles. The Morgan fingerprint density at radius 1 is 1.30 bits per heavy atom. The maximum absolute atomic E-state index is 13.7. The molecule has 1 aromatic carbocycles. The van der Waals surface area contributed by atoms with Gasteiger partial charge in [0.25, 0.3) is 0 Å². The second kappa shape index (κ2) is 5.30. The van der Waals surface area contributed by atoms with Gasteiger partial charge in [-0.1, -0.05) is 23.4 Å². The topological polar surface area (TPSA) is 57.1 Å². The highest BCUT2D eigenvalue weighted by Gasteiger charge is 2.40. The molecular weight excluding hydrogens is 265 g/mol. The molecule has 0 unspecified atom stereocenters. The van der Waals surface area contributed by atoms with Crippen molar-refractivity contribution in [1.82, 2.24) is 0 Å². The van der Waals surface area contributed by atoms with Crippen molar-refractivity contribution < 1.29 is 23.5 Å². The van der Waals surface area contributed by atoms with Crippen LogP contribution >= 0.6 is 0 Å². The number of ketones is 1. The number of rotatable bonds is 2. The largest absolute Gasteiger partial charge is 0.389 e. The van der Waals surface area contributed by atoms with Gasteiger partial charge in [-0.05, 0) is 6.07 Å². The summed E-state index contributed by atoms with van der Waals surface area (Å²) in [6.07, 6.45) is -1.15. The van der Waals surface area contributed by atoms with Gasteiger partial charge in [0, 0.05) is 12.5 Å². The molecule has 0 spiro atoms. The summed E-state index contributed by atoms with van der Waals surface area (Å²) >= 11 is 0. The molecule has 1 fully saturated rings. The average molecular weight is 279 g/mol. The normalized spacial score (nSPS) is 29.1. The molecule has 3 atom stereocenters. The van der Waals surface area contributed by atoms with E-state index in [2.05, 4.69) is 5.16 Å². The quantitative estimate of drug-likeness (QED) is 0.828. The minimum Gasteiger partial charge on any atom is -0.389 e. The highest BCUT2D eigenvalue weighted by atomic mass is 19.1. The minimum atomic E-state index is -0.793. The Hall–Kier alpha value is -1.79. The van der Waals surface area contributed by atoms with Crippen LogP contribution in [-0.4, -0.2) is 30.8 Å². The van der Waals surface area contributed by atoms with Crippen molar-refractivity contribution in [3.05, 3.63) is 35.6 Å². The number of benzene rings is 1. The van der Waals surface area contributed by atoms with Crippen molar-refractivity contribution in [3.8, 4) is 0 Å². The van der Waals surface area contributed by atoms with E-state index in [1.807, 2.05) is 0 Å². The van der Waals surface area contributed by atoms with Gasteiger partial charge in [0.1, 0.15) is 11.5 Å². The summed E-state index contributed by atoms with van der Waals surface area (Å²) in [6.45, 7) is 1.84. The van der Waals surface area contributed by atoms with Crippen LogP contribution < -0.4 is 0 Å². The van der Waals surface area contributed by atoms with Crippen LogP contribution in [0.1, 0.15) is 18.8 Å². The van der Waals surface area contributed by atoms with Crippen molar-refractivity contribution in [2.45, 2.75) is 19.3 Å². The molecule has 2 heterocycles. The molecule has 0 bridgehead atoms. The number of hydrogen-bond donors (Lipinski definition) is 0. The van der Waals surface area contributed by atoms with Crippen LogP contribution in [0.2, 0.25) is 0 Å². The summed E-state index contributed by atoms with van der Waals surface area (Å²) in [7, 11) is 0. The molecule has 1 saturated heterocycles. The van der Waals surface area contributed by atoms with Gasteiger partial charge in [-0.15, -0.1) is 0 Å². The van der Waals surface area contributed by atoms with Crippen molar-refractivity contribution in [2.75, 3.05) is 13.2 Å². The van der Waals surface area contributed by atoms with Gasteiger partial charge in [0.2, 0.25) is 0 Å². The summed E-state index contributed by atoms with van der Waals surface area (Å²) in [5.41, 5.74) is 0.696. The summed E-state index contributed by atoms with van der Waals surface area (Å²) < 4.78 is 24.9. The molecule has 0 amide bonds. The molecule has 20 heavy (non-hydrogen) atoms. The van der Waals surface area contributed by atoms with Crippen LogP contribution in [0.4, 0.5) is 4.39 Å². The van der Waals surface area contributed by atoms with Crippen LogP contribution in [-0.2, 0) is 19.1 Å². The highest BCUT2D eigenvalue weighted by Crippen LogP contribution is 2.30. The van der Waals surface area contributed by atoms with Crippen LogP contribution in [0, 0.1) is 11.7 Å². The van der Waals surface area contributed by atoms with E-state index in [0.29, 0.717) is 11.3 Å². The van der Waals surface area contributed by atoms with Gasteiger partial charge >= 0.3 is 0 Å². The molecule has 0 aromatic heterocycles. The van der Waals surface area contributed by atoms with E-state index in [1.165, 1.54) is 13.0 Å². The molecule has 0 N–H and O–H groups in total. The zero-order valence-corrected chi connectivity index (χ0v) is 10.9. The number of carbonyl (C=O) groups is 1. The van der Waals surface area contributed by atoms with E-state index < -0.39 is 6.29 Å². The molecule has 6 heteroatoms. The van der Waals surface area contributed by atoms with Crippen LogP contribution in [0.3, 0.4) is 0 Å². The number of fused-ring (bicyclic) bond motifs is 1. The van der Waals surface area contributed by atoms with Crippen LogP contribution in [0.25, 0.3) is 0 Å². The third-order valence-electron chi connectivity index (χ3n) is 3.45. The first-order chi connectivity index (χ1) is 9.66. The van der Waals surface area contributed by atoms with E-state index in [-0.39, 0.29) is 36.8 Å². The zero-order chi connectivity index (χ0) is 14.1. The molecule has 0 aliphatic carbocycles. The molecule has 2 aliphatic rings. The molecule has 0 radical (unpaired) electrons. The van der Waals surface area contributed by atoms with Gasteiger partial charge < -0.3 is 14.3 Å². The Morgan fingerprint density at radius 3 is 2.80 bits per heavy atom. The third kappa shape index (κ3) is 2.32. The predicted molar refractivity (Wildman–Crippen MR) is 67.5 cm³/mol. The zero-order valence-electron chi connectivity index (χ0n) is 10.9. The highest BCUT2D eigenvalue weighted by molar-refractivity contribution is 6.40. The van der Waals surface area contributed by atoms with E-state index in [0.717, 1.165) is 0 Å². The van der Waals surface area contributed by atoms with Crippen molar-refractivity contribution >= 4 is 11.5 Å². The van der Waals surface area contributed by atoms with E-state index in [1.54, 1.807) is 18.2 Å². The molecule has 106 valence electrons. The minimum absolute atomic E-state index is 0.148. The van der Waals surface area contributed by atoms with Gasteiger partial charge in [0.05, 0.1) is 19.1 Å². The summed E-state index contributed by atoms with van der Waals surface area (Å²) in [4.78, 5) is 16.6. The smallest absolute Gasteiger partial charge is 0.186 e. The van der Waals surface area contributed by atoms with E-state index >= 15 is 0 Å². The first-order valence-electron chi connectivity index (χ1n) is 6.39. The maximum Gasteiger partial charge on any atom is 0.186 e. The number of oxime groups is 1. The standard InChI is InChI=1S/C14H14FNO4/c1-8(17)13-10-6-18-14(19-7-12(10)20-16-13)9-4-2-3-5-11(9)15/h2-5,10,12,14H,6-7H2,1H3/t10-,12+,14-/m0/s1. The lowest BCUT2D eigenvalue weighted by atomic mass is 9.96. The summed E-state index contributed by atoms with van der Waals surface area (Å²) in [5.74, 6) is -0.791. The van der Waals surface area contributed by atoms with E-state index in [9.17, 15) is 9.18 Å². The number of halogens is 1. The number of Topliss-reactive ketones (excluding diaryl/α,β-unsaturated/α-hetero) is 1. The van der Waals surface area contributed by atoms with Gasteiger partial charge in [-0.3, -0.25) is 4.79 Å². The lowest BCUT2D eigenvalue weighted by Gasteiger charge is -2.16. The van der Waals surface area contributed by atoms with Crippen LogP contribution in [0.5, 0.6) is 0 Å².